The van der Waals surface area contributed by atoms with Gasteiger partial charge in [-0.1, -0.05) is 5.16 Å². The summed E-state index contributed by atoms with van der Waals surface area (Å²) >= 11 is 0. The van der Waals surface area contributed by atoms with E-state index in [0.29, 0.717) is 24.8 Å². The molecule has 0 bridgehead atoms. The fraction of sp³-hybridized carbons (Fsp3) is 0.556. The second kappa shape index (κ2) is 3.79. The molecule has 1 aromatic rings. The van der Waals surface area contributed by atoms with E-state index in [1.165, 1.54) is 0 Å². The summed E-state index contributed by atoms with van der Waals surface area (Å²) in [6.45, 7) is 2.94. The molecule has 0 aliphatic carbocycles. The van der Waals surface area contributed by atoms with Crippen LogP contribution in [0.5, 0.6) is 0 Å². The van der Waals surface area contributed by atoms with Gasteiger partial charge in [-0.15, -0.1) is 0 Å². The van der Waals surface area contributed by atoms with Gasteiger partial charge in [0.2, 0.25) is 5.91 Å². The Labute approximate surface area is 81.4 Å². The molecule has 14 heavy (non-hydrogen) atoms. The summed E-state index contributed by atoms with van der Waals surface area (Å²) in [6.07, 6.45) is 0.780. The number of carbonyl (C=O) groups is 1. The van der Waals surface area contributed by atoms with Crippen molar-refractivity contribution < 1.29 is 14.1 Å². The average Bonchev–Trinajstić information content (AvgIpc) is 2.75. The van der Waals surface area contributed by atoms with Gasteiger partial charge in [0.25, 0.3) is 0 Å². The van der Waals surface area contributed by atoms with Crippen LogP contribution in [0.15, 0.2) is 10.6 Å². The zero-order valence-electron chi connectivity index (χ0n) is 7.95. The second-order valence-corrected chi connectivity index (χ2v) is 3.37. The molecular formula is C9H12N2O3. The molecule has 76 valence electrons. The highest BCUT2D eigenvalue weighted by atomic mass is 16.5. The number of carbonyl (C=O) groups excluding carboxylic acids is 1. The Bertz CT molecular complexity index is 329. The van der Waals surface area contributed by atoms with Gasteiger partial charge in [0.1, 0.15) is 5.76 Å². The minimum Gasteiger partial charge on any atom is -0.381 e. The van der Waals surface area contributed by atoms with Crippen LogP contribution in [0.1, 0.15) is 12.2 Å². The van der Waals surface area contributed by atoms with E-state index in [0.717, 1.165) is 6.42 Å². The van der Waals surface area contributed by atoms with Crippen LogP contribution < -0.4 is 5.32 Å². The van der Waals surface area contributed by atoms with Gasteiger partial charge in [0, 0.05) is 12.7 Å². The van der Waals surface area contributed by atoms with E-state index < -0.39 is 0 Å². The quantitative estimate of drug-likeness (QED) is 0.765. The Kier molecular flexibility index (Phi) is 2.49. The third kappa shape index (κ3) is 1.93. The Morgan fingerprint density at radius 3 is 3.14 bits per heavy atom. The first-order valence-electron chi connectivity index (χ1n) is 4.57. The number of amides is 1. The number of rotatable bonds is 2. The van der Waals surface area contributed by atoms with Crippen LogP contribution in [0.4, 0.5) is 5.82 Å². The zero-order chi connectivity index (χ0) is 9.97. The first kappa shape index (κ1) is 9.21. The summed E-state index contributed by atoms with van der Waals surface area (Å²) in [4.78, 5) is 11.6. The Morgan fingerprint density at radius 2 is 2.57 bits per heavy atom. The molecule has 1 atom stereocenters. The van der Waals surface area contributed by atoms with Crippen molar-refractivity contribution in [3.63, 3.8) is 0 Å². The van der Waals surface area contributed by atoms with Crippen molar-refractivity contribution in [1.29, 1.82) is 0 Å². The standard InChI is InChI=1S/C9H12N2O3/c1-6-4-8(11-14-6)10-9(12)7-2-3-13-5-7/h4,7H,2-3,5H2,1H3,(H,10,11,12)/t7-/m1/s1. The van der Waals surface area contributed by atoms with Crippen LogP contribution in [0, 0.1) is 12.8 Å². The molecule has 2 rings (SSSR count). The highest BCUT2D eigenvalue weighted by Crippen LogP contribution is 2.15. The molecule has 1 N–H and O–H groups in total. The summed E-state index contributed by atoms with van der Waals surface area (Å²) in [5.74, 6) is 1.06. The lowest BCUT2D eigenvalue weighted by molar-refractivity contribution is -0.119. The maximum absolute atomic E-state index is 11.6. The minimum atomic E-state index is -0.0491. The highest BCUT2D eigenvalue weighted by Gasteiger charge is 2.23. The van der Waals surface area contributed by atoms with E-state index in [2.05, 4.69) is 10.5 Å². The predicted molar refractivity (Wildman–Crippen MR) is 48.8 cm³/mol. The van der Waals surface area contributed by atoms with E-state index in [-0.39, 0.29) is 11.8 Å². The van der Waals surface area contributed by atoms with Crippen molar-refractivity contribution in [3.8, 4) is 0 Å². The van der Waals surface area contributed by atoms with Crippen molar-refractivity contribution in [2.75, 3.05) is 18.5 Å². The maximum atomic E-state index is 11.6. The fourth-order valence-corrected chi connectivity index (χ4v) is 1.39. The third-order valence-corrected chi connectivity index (χ3v) is 2.18. The van der Waals surface area contributed by atoms with Crippen LogP contribution in [0.3, 0.4) is 0 Å². The van der Waals surface area contributed by atoms with Gasteiger partial charge in [0.05, 0.1) is 12.5 Å². The largest absolute Gasteiger partial charge is 0.381 e. The van der Waals surface area contributed by atoms with Gasteiger partial charge in [-0.25, -0.2) is 0 Å². The Hall–Kier alpha value is -1.36. The summed E-state index contributed by atoms with van der Waals surface area (Å²) < 4.78 is 9.95. The summed E-state index contributed by atoms with van der Waals surface area (Å²) in [5.41, 5.74) is 0. The monoisotopic (exact) mass is 196 g/mol. The van der Waals surface area contributed by atoms with Crippen molar-refractivity contribution in [2.45, 2.75) is 13.3 Å². The SMILES string of the molecule is Cc1cc(NC(=O)[C@@H]2CCOC2)no1. The molecule has 1 aliphatic heterocycles. The smallest absolute Gasteiger partial charge is 0.231 e. The molecule has 2 heterocycles. The molecule has 0 aromatic carbocycles. The van der Waals surface area contributed by atoms with Crippen LogP contribution >= 0.6 is 0 Å². The van der Waals surface area contributed by atoms with Crippen LogP contribution in [0.2, 0.25) is 0 Å². The molecular weight excluding hydrogens is 184 g/mol. The number of anilines is 1. The molecule has 1 aromatic heterocycles. The fourth-order valence-electron chi connectivity index (χ4n) is 1.39. The number of nitrogens with zero attached hydrogens (tertiary/aromatic N) is 1. The lowest BCUT2D eigenvalue weighted by Gasteiger charge is -2.05. The van der Waals surface area contributed by atoms with E-state index >= 15 is 0 Å². The number of ether oxygens (including phenoxy) is 1. The van der Waals surface area contributed by atoms with Crippen molar-refractivity contribution >= 4 is 11.7 Å². The normalized spacial score (nSPS) is 21.1. The van der Waals surface area contributed by atoms with E-state index in [1.54, 1.807) is 13.0 Å². The molecule has 0 spiro atoms. The van der Waals surface area contributed by atoms with Gasteiger partial charge in [0.15, 0.2) is 5.82 Å². The molecule has 5 nitrogen and oxygen atoms in total. The number of hydrogen-bond acceptors (Lipinski definition) is 4. The first-order chi connectivity index (χ1) is 6.75. The summed E-state index contributed by atoms with van der Waals surface area (Å²) in [7, 11) is 0. The van der Waals surface area contributed by atoms with E-state index in [1.807, 2.05) is 0 Å². The van der Waals surface area contributed by atoms with Crippen LogP contribution in [-0.4, -0.2) is 24.3 Å². The lowest BCUT2D eigenvalue weighted by Crippen LogP contribution is -2.22. The van der Waals surface area contributed by atoms with Crippen molar-refractivity contribution in [2.24, 2.45) is 5.92 Å². The lowest BCUT2D eigenvalue weighted by atomic mass is 10.1. The molecule has 0 unspecified atom stereocenters. The first-order valence-corrected chi connectivity index (χ1v) is 4.57. The van der Waals surface area contributed by atoms with Crippen LogP contribution in [0.25, 0.3) is 0 Å². The Balaban J connectivity index is 1.93. The summed E-state index contributed by atoms with van der Waals surface area (Å²) in [6, 6.07) is 1.69. The number of aryl methyl sites for hydroxylation is 1. The molecule has 0 saturated carbocycles. The van der Waals surface area contributed by atoms with Crippen molar-refractivity contribution in [3.05, 3.63) is 11.8 Å². The molecule has 1 aliphatic rings. The molecule has 5 heteroatoms. The minimum absolute atomic E-state index is 0.0456. The van der Waals surface area contributed by atoms with E-state index in [9.17, 15) is 4.79 Å². The molecule has 1 amide bonds. The maximum Gasteiger partial charge on any atom is 0.231 e. The number of aromatic nitrogens is 1. The van der Waals surface area contributed by atoms with Gasteiger partial charge in [-0.2, -0.15) is 0 Å². The average molecular weight is 196 g/mol. The Morgan fingerprint density at radius 1 is 1.71 bits per heavy atom. The van der Waals surface area contributed by atoms with Gasteiger partial charge >= 0.3 is 0 Å². The van der Waals surface area contributed by atoms with Gasteiger partial charge in [-0.05, 0) is 13.3 Å². The van der Waals surface area contributed by atoms with E-state index in [4.69, 9.17) is 9.26 Å². The molecule has 1 saturated heterocycles. The number of hydrogen-bond donors (Lipinski definition) is 1. The van der Waals surface area contributed by atoms with Gasteiger partial charge < -0.3 is 14.6 Å². The highest BCUT2D eigenvalue weighted by molar-refractivity contribution is 5.91. The molecule has 1 fully saturated rings. The topological polar surface area (TPSA) is 64.4 Å². The third-order valence-electron chi connectivity index (χ3n) is 2.18. The predicted octanol–water partition coefficient (Wildman–Crippen LogP) is 0.958. The van der Waals surface area contributed by atoms with Crippen LogP contribution in [-0.2, 0) is 9.53 Å². The zero-order valence-corrected chi connectivity index (χ0v) is 7.95. The second-order valence-electron chi connectivity index (χ2n) is 3.37. The summed E-state index contributed by atoms with van der Waals surface area (Å²) in [5, 5.41) is 6.36. The molecule has 0 radical (unpaired) electrons. The van der Waals surface area contributed by atoms with Crippen molar-refractivity contribution in [1.82, 2.24) is 5.16 Å². The van der Waals surface area contributed by atoms with Gasteiger partial charge in [-0.3, -0.25) is 4.79 Å². The number of nitrogens with one attached hydrogen (secondary N) is 1.